The third-order valence-electron chi connectivity index (χ3n) is 6.26. The van der Waals surface area contributed by atoms with Gasteiger partial charge in [0.2, 0.25) is 0 Å². The summed E-state index contributed by atoms with van der Waals surface area (Å²) in [4.78, 5) is 12.8. The molecule has 0 aliphatic heterocycles. The SMILES string of the molecule is Cc1ccc2c(c1)c(C(=O)NCC13CCC(CC1)CC3)cn2C. The van der Waals surface area contributed by atoms with Gasteiger partial charge in [-0.25, -0.2) is 0 Å². The van der Waals surface area contributed by atoms with Crippen LogP contribution in [-0.4, -0.2) is 17.0 Å². The van der Waals surface area contributed by atoms with E-state index in [1.165, 1.54) is 44.1 Å². The van der Waals surface area contributed by atoms with Crippen LogP contribution >= 0.6 is 0 Å². The Balaban J connectivity index is 1.54. The summed E-state index contributed by atoms with van der Waals surface area (Å²) in [6, 6.07) is 6.32. The van der Waals surface area contributed by atoms with Crippen LogP contribution < -0.4 is 5.32 Å². The molecule has 1 aromatic heterocycles. The maximum absolute atomic E-state index is 12.8. The van der Waals surface area contributed by atoms with Gasteiger partial charge in [-0.05, 0) is 68.9 Å². The predicted octanol–water partition coefficient (Wildman–Crippen LogP) is 4.19. The van der Waals surface area contributed by atoms with Crippen molar-refractivity contribution >= 4 is 16.8 Å². The summed E-state index contributed by atoms with van der Waals surface area (Å²) in [5.41, 5.74) is 3.51. The van der Waals surface area contributed by atoms with Gasteiger partial charge >= 0.3 is 0 Å². The Morgan fingerprint density at radius 1 is 1.26 bits per heavy atom. The van der Waals surface area contributed by atoms with Crippen molar-refractivity contribution in [2.24, 2.45) is 18.4 Å². The summed E-state index contributed by atoms with van der Waals surface area (Å²) in [7, 11) is 2.01. The standard InChI is InChI=1S/C20H26N2O/c1-14-3-4-18-16(11-14)17(12-22(18)2)19(23)21-13-20-8-5-15(6-9-20)7-10-20/h3-4,11-12,15H,5-10,13H2,1-2H3,(H,21,23). The van der Waals surface area contributed by atoms with E-state index in [-0.39, 0.29) is 5.91 Å². The average molecular weight is 310 g/mol. The van der Waals surface area contributed by atoms with Crippen LogP contribution in [0.15, 0.2) is 24.4 Å². The van der Waals surface area contributed by atoms with Gasteiger partial charge in [0.25, 0.3) is 5.91 Å². The lowest BCUT2D eigenvalue weighted by Crippen LogP contribution is -2.43. The fraction of sp³-hybridized carbons (Fsp3) is 0.550. The Morgan fingerprint density at radius 3 is 2.65 bits per heavy atom. The molecule has 0 saturated heterocycles. The molecule has 0 atom stereocenters. The molecule has 3 fully saturated rings. The first kappa shape index (κ1) is 14.8. The first-order chi connectivity index (χ1) is 11.1. The number of amides is 1. The number of fused-ring (bicyclic) bond motifs is 4. The number of hydrogen-bond acceptors (Lipinski definition) is 1. The molecular formula is C20H26N2O. The van der Waals surface area contributed by atoms with Crippen LogP contribution in [0.3, 0.4) is 0 Å². The van der Waals surface area contributed by atoms with E-state index in [0.717, 1.165) is 28.9 Å². The molecule has 1 aromatic carbocycles. The fourth-order valence-electron chi connectivity index (χ4n) is 4.65. The summed E-state index contributed by atoms with van der Waals surface area (Å²) >= 11 is 0. The molecule has 122 valence electrons. The fourth-order valence-corrected chi connectivity index (χ4v) is 4.65. The third-order valence-corrected chi connectivity index (χ3v) is 6.26. The van der Waals surface area contributed by atoms with Gasteiger partial charge in [0.05, 0.1) is 5.56 Å². The minimum absolute atomic E-state index is 0.0864. The van der Waals surface area contributed by atoms with Crippen molar-refractivity contribution in [2.75, 3.05) is 6.54 Å². The Morgan fingerprint density at radius 2 is 1.96 bits per heavy atom. The first-order valence-electron chi connectivity index (χ1n) is 8.90. The van der Waals surface area contributed by atoms with Gasteiger partial charge < -0.3 is 9.88 Å². The van der Waals surface area contributed by atoms with Crippen molar-refractivity contribution in [3.8, 4) is 0 Å². The third kappa shape index (κ3) is 2.56. The molecule has 0 unspecified atom stereocenters. The second-order valence-electron chi connectivity index (χ2n) is 7.84. The zero-order valence-corrected chi connectivity index (χ0v) is 14.2. The second kappa shape index (κ2) is 5.40. The summed E-state index contributed by atoms with van der Waals surface area (Å²) < 4.78 is 2.05. The lowest BCUT2D eigenvalue weighted by molar-refractivity contribution is 0.0598. The second-order valence-corrected chi connectivity index (χ2v) is 7.84. The quantitative estimate of drug-likeness (QED) is 0.906. The van der Waals surface area contributed by atoms with Gasteiger partial charge in [0.15, 0.2) is 0 Å². The highest BCUT2D eigenvalue weighted by Crippen LogP contribution is 2.49. The number of rotatable bonds is 3. The summed E-state index contributed by atoms with van der Waals surface area (Å²) in [6.45, 7) is 2.92. The van der Waals surface area contributed by atoms with E-state index < -0.39 is 0 Å². The van der Waals surface area contributed by atoms with Crippen LogP contribution in [0.25, 0.3) is 10.9 Å². The van der Waals surface area contributed by atoms with Crippen molar-refractivity contribution < 1.29 is 4.79 Å². The highest BCUT2D eigenvalue weighted by atomic mass is 16.1. The summed E-state index contributed by atoms with van der Waals surface area (Å²) in [5, 5.41) is 4.32. The van der Waals surface area contributed by atoms with Crippen molar-refractivity contribution in [3.63, 3.8) is 0 Å². The number of nitrogens with one attached hydrogen (secondary N) is 1. The Labute approximate surface area is 138 Å². The maximum Gasteiger partial charge on any atom is 0.253 e. The highest BCUT2D eigenvalue weighted by Gasteiger charge is 2.40. The van der Waals surface area contributed by atoms with Crippen LogP contribution in [-0.2, 0) is 7.05 Å². The van der Waals surface area contributed by atoms with Crippen molar-refractivity contribution in [2.45, 2.75) is 45.4 Å². The molecule has 1 amide bonds. The molecule has 5 rings (SSSR count). The van der Waals surface area contributed by atoms with Crippen LogP contribution in [0.5, 0.6) is 0 Å². The molecule has 23 heavy (non-hydrogen) atoms. The van der Waals surface area contributed by atoms with E-state index in [9.17, 15) is 4.79 Å². The van der Waals surface area contributed by atoms with Crippen LogP contribution in [0.4, 0.5) is 0 Å². The Hall–Kier alpha value is -1.77. The molecule has 3 heteroatoms. The number of aryl methyl sites for hydroxylation is 2. The molecule has 0 radical (unpaired) electrons. The predicted molar refractivity (Wildman–Crippen MR) is 93.6 cm³/mol. The summed E-state index contributed by atoms with van der Waals surface area (Å²) in [5.74, 6) is 1.05. The average Bonchev–Trinajstić information content (AvgIpc) is 2.91. The van der Waals surface area contributed by atoms with Gasteiger partial charge in [0.1, 0.15) is 0 Å². The molecule has 3 nitrogen and oxygen atoms in total. The van der Waals surface area contributed by atoms with Gasteiger partial charge in [-0.2, -0.15) is 0 Å². The number of aromatic nitrogens is 1. The zero-order chi connectivity index (χ0) is 16.0. The Kier molecular flexibility index (Phi) is 3.47. The molecule has 3 saturated carbocycles. The zero-order valence-electron chi connectivity index (χ0n) is 14.2. The number of carbonyl (C=O) groups is 1. The Bertz CT molecular complexity index is 737. The minimum atomic E-state index is 0.0864. The van der Waals surface area contributed by atoms with E-state index in [1.54, 1.807) is 0 Å². The van der Waals surface area contributed by atoms with E-state index in [1.807, 2.05) is 17.8 Å². The smallest absolute Gasteiger partial charge is 0.253 e. The molecule has 2 bridgehead atoms. The topological polar surface area (TPSA) is 34.0 Å². The van der Waals surface area contributed by atoms with Gasteiger partial charge in [0, 0.05) is 30.7 Å². The molecule has 0 spiro atoms. The first-order valence-corrected chi connectivity index (χ1v) is 8.90. The molecule has 1 N–H and O–H groups in total. The highest BCUT2D eigenvalue weighted by molar-refractivity contribution is 6.07. The van der Waals surface area contributed by atoms with Crippen molar-refractivity contribution in [1.29, 1.82) is 0 Å². The van der Waals surface area contributed by atoms with Gasteiger partial charge in [-0.15, -0.1) is 0 Å². The lowest BCUT2D eigenvalue weighted by Gasteiger charge is -2.46. The number of benzene rings is 1. The number of hydrogen-bond donors (Lipinski definition) is 1. The van der Waals surface area contributed by atoms with Crippen LogP contribution in [0.2, 0.25) is 0 Å². The molecule has 2 aromatic rings. The van der Waals surface area contributed by atoms with E-state index in [2.05, 4.69) is 30.4 Å². The van der Waals surface area contributed by atoms with Crippen LogP contribution in [0.1, 0.15) is 54.4 Å². The van der Waals surface area contributed by atoms with Gasteiger partial charge in [-0.1, -0.05) is 11.6 Å². The molecule has 3 aliphatic rings. The normalized spacial score (nSPS) is 26.6. The summed E-state index contributed by atoms with van der Waals surface area (Å²) in [6.07, 6.45) is 9.96. The number of carbonyl (C=O) groups excluding carboxylic acids is 1. The molecule has 3 aliphatic carbocycles. The van der Waals surface area contributed by atoms with Crippen molar-refractivity contribution in [3.05, 3.63) is 35.5 Å². The van der Waals surface area contributed by atoms with Crippen LogP contribution in [0, 0.1) is 18.3 Å². The largest absolute Gasteiger partial charge is 0.351 e. The van der Waals surface area contributed by atoms with Crippen molar-refractivity contribution in [1.82, 2.24) is 9.88 Å². The minimum Gasteiger partial charge on any atom is -0.351 e. The van der Waals surface area contributed by atoms with E-state index >= 15 is 0 Å². The monoisotopic (exact) mass is 310 g/mol. The molecule has 1 heterocycles. The lowest BCUT2D eigenvalue weighted by atomic mass is 9.61. The van der Waals surface area contributed by atoms with E-state index in [4.69, 9.17) is 0 Å². The van der Waals surface area contributed by atoms with Gasteiger partial charge in [-0.3, -0.25) is 4.79 Å². The number of nitrogens with zero attached hydrogens (tertiary/aromatic N) is 1. The molecular weight excluding hydrogens is 284 g/mol. The van der Waals surface area contributed by atoms with E-state index in [0.29, 0.717) is 5.41 Å². The maximum atomic E-state index is 12.8.